The van der Waals surface area contributed by atoms with Gasteiger partial charge in [-0.2, -0.15) is 0 Å². The van der Waals surface area contributed by atoms with Crippen molar-refractivity contribution in [3.05, 3.63) is 65.4 Å². The van der Waals surface area contributed by atoms with Crippen molar-refractivity contribution in [2.24, 2.45) is 0 Å². The molecule has 0 atom stereocenters. The minimum atomic E-state index is 0.0603. The molecule has 0 saturated heterocycles. The zero-order valence-corrected chi connectivity index (χ0v) is 8.62. The molecule has 2 rings (SSSR count). The van der Waals surface area contributed by atoms with Crippen molar-refractivity contribution >= 4 is 0 Å². The Morgan fingerprint density at radius 1 is 1.07 bits per heavy atom. The maximum absolute atomic E-state index is 3.28. The summed E-state index contributed by atoms with van der Waals surface area (Å²) in [5.41, 5.74) is 5.93. The molecule has 1 aliphatic rings. The molecule has 0 aliphatic heterocycles. The van der Waals surface area contributed by atoms with Crippen LogP contribution in [0.1, 0.15) is 19.4 Å². The average Bonchev–Trinajstić information content (AvgIpc) is 2.72. The van der Waals surface area contributed by atoms with Crippen molar-refractivity contribution in [2.75, 3.05) is 0 Å². The molecule has 0 spiro atoms. The van der Waals surface area contributed by atoms with E-state index in [1.807, 2.05) is 18.2 Å². The van der Waals surface area contributed by atoms with Crippen LogP contribution in [0.4, 0.5) is 0 Å². The molecule has 0 N–H and O–H groups in total. The third-order valence-electron chi connectivity index (χ3n) is 2.77. The molecule has 0 bridgehead atoms. The first-order valence-corrected chi connectivity index (χ1v) is 4.90. The van der Waals surface area contributed by atoms with Crippen LogP contribution in [0.25, 0.3) is 0 Å². The van der Waals surface area contributed by atoms with Crippen LogP contribution in [-0.2, 0) is 5.41 Å². The number of hydrogen-bond donors (Lipinski definition) is 0. The van der Waals surface area contributed by atoms with Crippen LogP contribution >= 0.6 is 0 Å². The lowest BCUT2D eigenvalue weighted by Gasteiger charge is -2.24. The van der Waals surface area contributed by atoms with E-state index in [0.29, 0.717) is 0 Å². The summed E-state index contributed by atoms with van der Waals surface area (Å²) in [4.78, 5) is 0. The minimum absolute atomic E-state index is 0.0603. The van der Waals surface area contributed by atoms with Crippen molar-refractivity contribution in [1.82, 2.24) is 0 Å². The average molecular weight is 182 g/mol. The largest absolute Gasteiger partial charge is 0.116 e. The Labute approximate surface area is 85.3 Å². The summed E-state index contributed by atoms with van der Waals surface area (Å²) in [7, 11) is 0. The zero-order chi connectivity index (χ0) is 10.0. The fourth-order valence-corrected chi connectivity index (χ4v) is 1.73. The molecule has 0 saturated carbocycles. The summed E-state index contributed by atoms with van der Waals surface area (Å²) in [6, 6.07) is 10.6. The smallest absolute Gasteiger partial charge is 0.0219 e. The van der Waals surface area contributed by atoms with Crippen LogP contribution in [0.3, 0.4) is 0 Å². The quantitative estimate of drug-likeness (QED) is 0.613. The van der Waals surface area contributed by atoms with Gasteiger partial charge >= 0.3 is 0 Å². The Morgan fingerprint density at radius 3 is 2.36 bits per heavy atom. The molecule has 0 heteroatoms. The molecule has 0 aromatic heterocycles. The summed E-state index contributed by atoms with van der Waals surface area (Å²) in [5, 5.41) is 0. The predicted octanol–water partition coefficient (Wildman–Crippen LogP) is 3.62. The van der Waals surface area contributed by atoms with Gasteiger partial charge in [-0.15, -0.1) is 5.73 Å². The zero-order valence-electron chi connectivity index (χ0n) is 8.62. The third kappa shape index (κ3) is 1.45. The van der Waals surface area contributed by atoms with Gasteiger partial charge in [0.15, 0.2) is 0 Å². The van der Waals surface area contributed by atoms with E-state index < -0.39 is 0 Å². The van der Waals surface area contributed by atoms with E-state index in [0.717, 1.165) is 0 Å². The normalized spacial score (nSPS) is 14.6. The fraction of sp³-hybridized carbons (Fsp3) is 0.214. The van der Waals surface area contributed by atoms with E-state index in [1.54, 1.807) is 0 Å². The van der Waals surface area contributed by atoms with Crippen LogP contribution < -0.4 is 0 Å². The second kappa shape index (κ2) is 3.32. The third-order valence-corrected chi connectivity index (χ3v) is 2.77. The molecular formula is C14H14. The van der Waals surface area contributed by atoms with E-state index in [-0.39, 0.29) is 5.41 Å². The van der Waals surface area contributed by atoms with Crippen molar-refractivity contribution in [2.45, 2.75) is 19.3 Å². The van der Waals surface area contributed by atoms with E-state index in [2.05, 4.69) is 49.9 Å². The van der Waals surface area contributed by atoms with Gasteiger partial charge in [-0.3, -0.25) is 0 Å². The molecule has 70 valence electrons. The standard InChI is InChI=1S/C14H14/c1-14(2,13-10-6-7-11-13)12-8-4-3-5-9-12/h3-10H,1-2H3. The van der Waals surface area contributed by atoms with Gasteiger partial charge in [0, 0.05) is 11.0 Å². The molecule has 1 aliphatic carbocycles. The molecular weight excluding hydrogens is 168 g/mol. The van der Waals surface area contributed by atoms with Crippen molar-refractivity contribution in [3.63, 3.8) is 0 Å². The number of allylic oxidation sites excluding steroid dienone is 3. The van der Waals surface area contributed by atoms with Crippen molar-refractivity contribution in [3.8, 4) is 0 Å². The van der Waals surface area contributed by atoms with Gasteiger partial charge in [-0.1, -0.05) is 50.3 Å². The van der Waals surface area contributed by atoms with E-state index in [1.165, 1.54) is 11.1 Å². The second-order valence-corrected chi connectivity index (χ2v) is 4.07. The van der Waals surface area contributed by atoms with Crippen LogP contribution in [0.5, 0.6) is 0 Å². The fourth-order valence-electron chi connectivity index (χ4n) is 1.73. The molecule has 1 aromatic rings. The number of hydrogen-bond acceptors (Lipinski definition) is 0. The maximum atomic E-state index is 3.28. The SMILES string of the molecule is CC(C)(C1=C=CC=C1)c1ccccc1. The van der Waals surface area contributed by atoms with Gasteiger partial charge in [0.05, 0.1) is 0 Å². The highest BCUT2D eigenvalue weighted by Crippen LogP contribution is 2.32. The lowest BCUT2D eigenvalue weighted by Crippen LogP contribution is -2.18. The molecule has 1 aromatic carbocycles. The second-order valence-electron chi connectivity index (χ2n) is 4.07. The minimum Gasteiger partial charge on any atom is -0.116 e. The summed E-state index contributed by atoms with van der Waals surface area (Å²) < 4.78 is 0. The van der Waals surface area contributed by atoms with Crippen LogP contribution in [0.2, 0.25) is 0 Å². The van der Waals surface area contributed by atoms with Gasteiger partial charge < -0.3 is 0 Å². The number of benzene rings is 1. The lowest BCUT2D eigenvalue weighted by atomic mass is 9.78. The Morgan fingerprint density at radius 2 is 1.79 bits per heavy atom. The topological polar surface area (TPSA) is 0 Å². The van der Waals surface area contributed by atoms with E-state index in [4.69, 9.17) is 0 Å². The first-order chi connectivity index (χ1) is 6.71. The van der Waals surface area contributed by atoms with Gasteiger partial charge in [-0.25, -0.2) is 0 Å². The van der Waals surface area contributed by atoms with Crippen molar-refractivity contribution in [1.29, 1.82) is 0 Å². The maximum Gasteiger partial charge on any atom is 0.0219 e. The highest BCUT2D eigenvalue weighted by Gasteiger charge is 2.24. The summed E-state index contributed by atoms with van der Waals surface area (Å²) >= 11 is 0. The van der Waals surface area contributed by atoms with Gasteiger partial charge in [0.2, 0.25) is 0 Å². The van der Waals surface area contributed by atoms with Gasteiger partial charge in [0.25, 0.3) is 0 Å². The molecule has 14 heavy (non-hydrogen) atoms. The highest BCUT2D eigenvalue weighted by molar-refractivity contribution is 5.43. The van der Waals surface area contributed by atoms with Crippen LogP contribution in [-0.4, -0.2) is 0 Å². The van der Waals surface area contributed by atoms with Gasteiger partial charge in [0.1, 0.15) is 0 Å². The molecule has 0 fully saturated rings. The Balaban J connectivity index is 2.43. The monoisotopic (exact) mass is 182 g/mol. The van der Waals surface area contributed by atoms with Crippen LogP contribution in [0.15, 0.2) is 59.9 Å². The molecule has 0 nitrogen and oxygen atoms in total. The summed E-state index contributed by atoms with van der Waals surface area (Å²) in [6.07, 6.45) is 6.15. The van der Waals surface area contributed by atoms with Crippen molar-refractivity contribution < 1.29 is 0 Å². The predicted molar refractivity (Wildman–Crippen MR) is 60.2 cm³/mol. The Kier molecular flexibility index (Phi) is 2.15. The van der Waals surface area contributed by atoms with Gasteiger partial charge in [-0.05, 0) is 17.7 Å². The highest BCUT2D eigenvalue weighted by atomic mass is 14.3. The first-order valence-electron chi connectivity index (χ1n) is 4.90. The summed E-state index contributed by atoms with van der Waals surface area (Å²) in [5.74, 6) is 0. The molecule has 0 radical (unpaired) electrons. The van der Waals surface area contributed by atoms with E-state index >= 15 is 0 Å². The molecule has 0 unspecified atom stereocenters. The molecule has 0 amide bonds. The Hall–Kier alpha value is -1.52. The number of rotatable bonds is 2. The van der Waals surface area contributed by atoms with E-state index in [9.17, 15) is 0 Å². The lowest BCUT2D eigenvalue weighted by molar-refractivity contribution is 0.642. The molecule has 0 heterocycles. The first kappa shape index (κ1) is 9.05. The Bertz CT molecular complexity index is 413. The van der Waals surface area contributed by atoms with Crippen LogP contribution in [0, 0.1) is 0 Å². The summed E-state index contributed by atoms with van der Waals surface area (Å²) in [6.45, 7) is 4.46.